The molecule has 0 aliphatic heterocycles. The highest BCUT2D eigenvalue weighted by molar-refractivity contribution is 6.68. The number of aldehydes is 1. The van der Waals surface area contributed by atoms with Crippen molar-refractivity contribution < 1.29 is 4.79 Å². The van der Waals surface area contributed by atoms with E-state index in [4.69, 9.17) is 34.8 Å². The molecule has 0 amide bonds. The Labute approximate surface area is 69.3 Å². The minimum Gasteiger partial charge on any atom is -0.303 e. The first-order valence-electron chi connectivity index (χ1n) is 2.54. The molecule has 0 aromatic heterocycles. The molecule has 0 saturated carbocycles. The molecule has 0 saturated heterocycles. The summed E-state index contributed by atoms with van der Waals surface area (Å²) in [7, 11) is 0. The Morgan fingerprint density at radius 2 is 2.00 bits per heavy atom. The van der Waals surface area contributed by atoms with Gasteiger partial charge in [-0.2, -0.15) is 0 Å². The molecular weight excluding hydrogens is 182 g/mol. The topological polar surface area (TPSA) is 17.1 Å². The van der Waals surface area contributed by atoms with Crippen LogP contribution in [0.2, 0.25) is 0 Å². The van der Waals surface area contributed by atoms with Crippen molar-refractivity contribution in [3.8, 4) is 0 Å². The first-order valence-corrected chi connectivity index (χ1v) is 3.67. The van der Waals surface area contributed by atoms with Gasteiger partial charge < -0.3 is 4.79 Å². The van der Waals surface area contributed by atoms with Crippen molar-refractivity contribution in [2.45, 2.75) is 17.1 Å². The van der Waals surface area contributed by atoms with Crippen molar-refractivity contribution >= 4 is 41.1 Å². The van der Waals surface area contributed by atoms with Crippen molar-refractivity contribution in [1.29, 1.82) is 0 Å². The van der Waals surface area contributed by atoms with Crippen LogP contribution in [-0.2, 0) is 4.79 Å². The largest absolute Gasteiger partial charge is 0.303 e. The fourth-order valence-corrected chi connectivity index (χ4v) is 1.02. The third-order valence-corrected chi connectivity index (χ3v) is 1.87. The predicted octanol–water partition coefficient (Wildman–Crippen LogP) is 2.58. The van der Waals surface area contributed by atoms with Gasteiger partial charge in [-0.05, 0) is 6.42 Å². The lowest BCUT2D eigenvalue weighted by Crippen LogP contribution is -2.19. The molecule has 0 aromatic rings. The second-order valence-electron chi connectivity index (χ2n) is 1.69. The zero-order chi connectivity index (χ0) is 7.49. The highest BCUT2D eigenvalue weighted by atomic mass is 35.6. The molecule has 0 aliphatic rings. The summed E-state index contributed by atoms with van der Waals surface area (Å²) in [4.78, 5) is 10.1. The van der Waals surface area contributed by atoms with Crippen LogP contribution in [-0.4, -0.2) is 10.1 Å². The molecule has 0 aromatic carbocycles. The Balaban J connectivity index is 3.94. The Hall–Kier alpha value is 0.540. The molecule has 9 heavy (non-hydrogen) atoms. The van der Waals surface area contributed by atoms with E-state index in [0.29, 0.717) is 12.7 Å². The first kappa shape index (κ1) is 9.54. The number of alkyl halides is 3. The predicted molar refractivity (Wildman–Crippen MR) is 40.1 cm³/mol. The van der Waals surface area contributed by atoms with E-state index < -0.39 is 9.71 Å². The van der Waals surface area contributed by atoms with Gasteiger partial charge in [-0.25, -0.2) is 0 Å². The van der Waals surface area contributed by atoms with Gasteiger partial charge in [0.05, 0.1) is 5.92 Å². The van der Waals surface area contributed by atoms with Crippen LogP contribution in [0.1, 0.15) is 13.3 Å². The van der Waals surface area contributed by atoms with Crippen LogP contribution in [0.4, 0.5) is 0 Å². The van der Waals surface area contributed by atoms with Crippen molar-refractivity contribution in [2.75, 3.05) is 0 Å². The number of hydrogen-bond donors (Lipinski definition) is 0. The molecule has 0 heterocycles. The van der Waals surface area contributed by atoms with Crippen LogP contribution in [0.25, 0.3) is 0 Å². The van der Waals surface area contributed by atoms with E-state index in [1.165, 1.54) is 0 Å². The van der Waals surface area contributed by atoms with Crippen molar-refractivity contribution in [3.05, 3.63) is 0 Å². The average molecular weight is 189 g/mol. The third-order valence-electron chi connectivity index (χ3n) is 1.02. The SMILES string of the molecule is CCC(C=O)C(Cl)(Cl)Cl. The fourth-order valence-electron chi connectivity index (χ4n) is 0.405. The summed E-state index contributed by atoms with van der Waals surface area (Å²) in [6, 6.07) is 0. The smallest absolute Gasteiger partial charge is 0.199 e. The maximum Gasteiger partial charge on any atom is 0.199 e. The van der Waals surface area contributed by atoms with Crippen LogP contribution in [0.3, 0.4) is 0 Å². The van der Waals surface area contributed by atoms with Gasteiger partial charge in [0.2, 0.25) is 0 Å². The summed E-state index contributed by atoms with van der Waals surface area (Å²) in [5.41, 5.74) is 0. The lowest BCUT2D eigenvalue weighted by molar-refractivity contribution is -0.111. The molecule has 1 nitrogen and oxygen atoms in total. The van der Waals surface area contributed by atoms with Crippen molar-refractivity contribution in [3.63, 3.8) is 0 Å². The lowest BCUT2D eigenvalue weighted by atomic mass is 10.1. The van der Waals surface area contributed by atoms with Gasteiger partial charge in [0.15, 0.2) is 3.79 Å². The van der Waals surface area contributed by atoms with Crippen molar-refractivity contribution in [2.24, 2.45) is 5.92 Å². The summed E-state index contributed by atoms with van der Waals surface area (Å²) >= 11 is 16.2. The zero-order valence-electron chi connectivity index (χ0n) is 4.90. The molecule has 4 heteroatoms. The standard InChI is InChI=1S/C5H7Cl3O/c1-2-4(3-9)5(6,7)8/h3-4H,2H2,1H3. The molecule has 0 radical (unpaired) electrons. The van der Waals surface area contributed by atoms with E-state index in [0.717, 1.165) is 0 Å². The van der Waals surface area contributed by atoms with E-state index in [1.807, 2.05) is 0 Å². The minimum absolute atomic E-state index is 0.484. The van der Waals surface area contributed by atoms with Crippen LogP contribution < -0.4 is 0 Å². The molecule has 0 rings (SSSR count). The molecule has 0 aliphatic carbocycles. The second kappa shape index (κ2) is 3.65. The zero-order valence-corrected chi connectivity index (χ0v) is 7.17. The Morgan fingerprint density at radius 1 is 1.56 bits per heavy atom. The van der Waals surface area contributed by atoms with Gasteiger partial charge in [-0.3, -0.25) is 0 Å². The van der Waals surface area contributed by atoms with Crippen LogP contribution in [0.15, 0.2) is 0 Å². The summed E-state index contributed by atoms with van der Waals surface area (Å²) in [5.74, 6) is -0.484. The number of halogens is 3. The third kappa shape index (κ3) is 3.29. The Kier molecular flexibility index (Phi) is 3.86. The van der Waals surface area contributed by atoms with E-state index in [1.54, 1.807) is 6.92 Å². The van der Waals surface area contributed by atoms with Gasteiger partial charge in [0.1, 0.15) is 6.29 Å². The summed E-state index contributed by atoms with van der Waals surface area (Å²) in [6.07, 6.45) is 1.22. The molecule has 0 N–H and O–H groups in total. The quantitative estimate of drug-likeness (QED) is 0.482. The Bertz CT molecular complexity index is 96.9. The number of carbonyl (C=O) groups excluding carboxylic acids is 1. The lowest BCUT2D eigenvalue weighted by Gasteiger charge is -2.15. The second-order valence-corrected chi connectivity index (χ2v) is 4.06. The highest BCUT2D eigenvalue weighted by Crippen LogP contribution is 2.35. The van der Waals surface area contributed by atoms with E-state index in [-0.39, 0.29) is 0 Å². The molecule has 1 atom stereocenters. The minimum atomic E-state index is -1.43. The molecule has 0 bridgehead atoms. The number of rotatable bonds is 2. The summed E-state index contributed by atoms with van der Waals surface area (Å²) in [6.45, 7) is 1.79. The normalized spacial score (nSPS) is 15.1. The number of hydrogen-bond acceptors (Lipinski definition) is 1. The number of carbonyl (C=O) groups is 1. The Morgan fingerprint density at radius 3 is 2.00 bits per heavy atom. The van der Waals surface area contributed by atoms with E-state index >= 15 is 0 Å². The molecule has 0 spiro atoms. The summed E-state index contributed by atoms with van der Waals surface area (Å²) < 4.78 is -1.43. The average Bonchev–Trinajstić information content (AvgIpc) is 1.65. The van der Waals surface area contributed by atoms with Crippen LogP contribution >= 0.6 is 34.8 Å². The van der Waals surface area contributed by atoms with E-state index in [2.05, 4.69) is 0 Å². The van der Waals surface area contributed by atoms with Gasteiger partial charge in [-0.15, -0.1) is 0 Å². The molecule has 0 fully saturated rings. The van der Waals surface area contributed by atoms with Crippen LogP contribution in [0.5, 0.6) is 0 Å². The van der Waals surface area contributed by atoms with Gasteiger partial charge >= 0.3 is 0 Å². The molecule has 1 unspecified atom stereocenters. The van der Waals surface area contributed by atoms with Crippen molar-refractivity contribution in [1.82, 2.24) is 0 Å². The maximum absolute atomic E-state index is 10.1. The van der Waals surface area contributed by atoms with E-state index in [9.17, 15) is 4.79 Å². The highest BCUT2D eigenvalue weighted by Gasteiger charge is 2.30. The van der Waals surface area contributed by atoms with Crippen LogP contribution in [0, 0.1) is 5.92 Å². The maximum atomic E-state index is 10.1. The van der Waals surface area contributed by atoms with Gasteiger partial charge in [0, 0.05) is 0 Å². The molecule has 54 valence electrons. The first-order chi connectivity index (χ1) is 4.02. The van der Waals surface area contributed by atoms with Gasteiger partial charge in [-0.1, -0.05) is 41.7 Å². The molecular formula is C5H7Cl3O. The summed E-state index contributed by atoms with van der Waals surface area (Å²) in [5, 5.41) is 0. The fraction of sp³-hybridized carbons (Fsp3) is 0.800. The monoisotopic (exact) mass is 188 g/mol. The van der Waals surface area contributed by atoms with Gasteiger partial charge in [0.25, 0.3) is 0 Å².